The Labute approximate surface area is 272 Å². The highest BCUT2D eigenvalue weighted by Gasteiger charge is 2.45. The fourth-order valence-electron chi connectivity index (χ4n) is 6.57. The van der Waals surface area contributed by atoms with Gasteiger partial charge in [0, 0.05) is 31.4 Å². The predicted molar refractivity (Wildman–Crippen MR) is 172 cm³/mol. The third-order valence-electron chi connectivity index (χ3n) is 8.84. The Hall–Kier alpha value is -4.91. The van der Waals surface area contributed by atoms with Crippen molar-refractivity contribution in [3.05, 3.63) is 81.3 Å². The molecular weight excluding hydrogens is 637 g/mol. The largest absolute Gasteiger partial charge is 0.507 e. The fourth-order valence-corrected chi connectivity index (χ4v) is 6.97. The molecule has 2 amide bonds. The number of hydrogen-bond donors (Lipinski definition) is 1. The Kier molecular flexibility index (Phi) is 7.78. The number of anilines is 2. The fraction of sp³-hybridized carbons (Fsp3) is 0.303. The number of benzene rings is 2. The molecule has 4 aromatic rings. The predicted octanol–water partition coefficient (Wildman–Crippen LogP) is 5.22. The van der Waals surface area contributed by atoms with E-state index in [1.165, 1.54) is 16.8 Å². The number of aryl methyl sites for hydroxylation is 1. The standard InChI is InChI=1S/C33H30ClF3N6O4/c1-7-20(45)41-13-18-32(46)40(6)29-23-30(26(37)22(24(29)34)21-19(44)9-8-17(35)25(21)36)43(28-15(4)10-11-38-27(28)14(2)3)33(47)39-31(23)42(18)12-16(41)5/h7-11,14,16,18,44H,1,12-13H2,2-6H3. The number of pyridine rings is 1. The number of carbonyl (C=O) groups excluding carboxylic acids is 2. The summed E-state index contributed by atoms with van der Waals surface area (Å²) in [6.45, 7) is 10.6. The smallest absolute Gasteiger partial charge is 0.354 e. The number of carbonyl (C=O) groups is 2. The Morgan fingerprint density at radius 3 is 2.47 bits per heavy atom. The van der Waals surface area contributed by atoms with Gasteiger partial charge in [0.2, 0.25) is 5.91 Å². The van der Waals surface area contributed by atoms with E-state index in [1.807, 2.05) is 13.8 Å². The minimum atomic E-state index is -1.59. The van der Waals surface area contributed by atoms with Crippen molar-refractivity contribution in [3.8, 4) is 22.6 Å². The summed E-state index contributed by atoms with van der Waals surface area (Å²) in [5.41, 5.74) is -2.04. The summed E-state index contributed by atoms with van der Waals surface area (Å²) in [5, 5.41) is 10.2. The van der Waals surface area contributed by atoms with Gasteiger partial charge in [0.15, 0.2) is 17.5 Å². The molecule has 244 valence electrons. The van der Waals surface area contributed by atoms with Crippen LogP contribution in [0.15, 0.2) is 41.8 Å². The number of nitrogens with zero attached hydrogens (tertiary/aromatic N) is 6. The number of likely N-dealkylation sites (N-methyl/N-ethyl adjacent to an activating group) is 1. The van der Waals surface area contributed by atoms with Gasteiger partial charge < -0.3 is 19.8 Å². The number of hydrogen-bond acceptors (Lipinski definition) is 7. The second kappa shape index (κ2) is 11.4. The van der Waals surface area contributed by atoms with Crippen molar-refractivity contribution in [3.63, 3.8) is 0 Å². The lowest BCUT2D eigenvalue weighted by atomic mass is 9.98. The van der Waals surface area contributed by atoms with Gasteiger partial charge in [-0.3, -0.25) is 19.1 Å². The van der Waals surface area contributed by atoms with Gasteiger partial charge in [-0.2, -0.15) is 4.98 Å². The molecule has 2 aliphatic rings. The number of phenols is 1. The van der Waals surface area contributed by atoms with Crippen molar-refractivity contribution in [1.82, 2.24) is 19.4 Å². The Morgan fingerprint density at radius 1 is 1.11 bits per heavy atom. The Morgan fingerprint density at radius 2 is 1.81 bits per heavy atom. The molecule has 0 saturated carbocycles. The van der Waals surface area contributed by atoms with Crippen LogP contribution in [0.1, 0.15) is 37.9 Å². The molecule has 2 aromatic carbocycles. The summed E-state index contributed by atoms with van der Waals surface area (Å²) in [4.78, 5) is 54.2. The zero-order valence-corrected chi connectivity index (χ0v) is 26.9. The van der Waals surface area contributed by atoms with Crippen LogP contribution in [0.3, 0.4) is 0 Å². The van der Waals surface area contributed by atoms with Crippen molar-refractivity contribution in [2.75, 3.05) is 29.9 Å². The molecule has 1 saturated heterocycles. The zero-order chi connectivity index (χ0) is 34.2. The van der Waals surface area contributed by atoms with Crippen molar-refractivity contribution in [2.45, 2.75) is 45.7 Å². The molecule has 2 aliphatic heterocycles. The molecule has 0 spiro atoms. The molecule has 2 unspecified atom stereocenters. The van der Waals surface area contributed by atoms with Crippen molar-refractivity contribution in [2.24, 2.45) is 0 Å². The van der Waals surface area contributed by atoms with E-state index in [1.54, 1.807) is 26.1 Å². The number of aromatic hydroxyl groups is 1. The third-order valence-corrected chi connectivity index (χ3v) is 9.20. The SMILES string of the molecule is C=CC(=O)N1CC2C(=O)N(C)c3c(Cl)c(-c4c(O)ccc(F)c4F)c(F)c4c3c(nc(=O)n4-c3c(C)ccnc3C(C)C)N2CC1C. The zero-order valence-electron chi connectivity index (χ0n) is 26.1. The molecule has 10 nitrogen and oxygen atoms in total. The molecule has 6 rings (SSSR count). The summed E-state index contributed by atoms with van der Waals surface area (Å²) in [5.74, 6) is -6.42. The quantitative estimate of drug-likeness (QED) is 0.297. The van der Waals surface area contributed by atoms with Gasteiger partial charge in [-0.15, -0.1) is 0 Å². The molecule has 4 heterocycles. The number of fused-ring (bicyclic) bond motifs is 2. The first-order valence-electron chi connectivity index (χ1n) is 14.8. The van der Waals surface area contributed by atoms with Crippen LogP contribution in [-0.2, 0) is 9.59 Å². The molecule has 14 heteroatoms. The first-order valence-corrected chi connectivity index (χ1v) is 15.2. The topological polar surface area (TPSA) is 112 Å². The van der Waals surface area contributed by atoms with Gasteiger partial charge in [0.25, 0.3) is 5.91 Å². The lowest BCUT2D eigenvalue weighted by molar-refractivity contribution is -0.130. The highest BCUT2D eigenvalue weighted by Crippen LogP contribution is 2.51. The van der Waals surface area contributed by atoms with Crippen LogP contribution in [-0.4, -0.2) is 68.6 Å². The van der Waals surface area contributed by atoms with E-state index in [0.717, 1.165) is 21.6 Å². The molecule has 0 aliphatic carbocycles. The first-order chi connectivity index (χ1) is 22.2. The highest BCUT2D eigenvalue weighted by atomic mass is 35.5. The Balaban J connectivity index is 1.84. The van der Waals surface area contributed by atoms with E-state index < -0.39 is 74.5 Å². The van der Waals surface area contributed by atoms with Gasteiger partial charge in [0.05, 0.1) is 39.6 Å². The number of phenolic OH excluding ortho intramolecular Hbond substituents is 1. The second-order valence-electron chi connectivity index (χ2n) is 12.0. The van der Waals surface area contributed by atoms with Crippen LogP contribution in [0.2, 0.25) is 5.02 Å². The van der Waals surface area contributed by atoms with Crippen LogP contribution in [0, 0.1) is 24.4 Å². The average molecular weight is 667 g/mol. The first kappa shape index (κ1) is 32.0. The van der Waals surface area contributed by atoms with Crippen molar-refractivity contribution < 1.29 is 27.9 Å². The Bertz CT molecular complexity index is 2100. The van der Waals surface area contributed by atoms with E-state index in [0.29, 0.717) is 17.3 Å². The minimum Gasteiger partial charge on any atom is -0.507 e. The van der Waals surface area contributed by atoms with Crippen LogP contribution in [0.5, 0.6) is 5.75 Å². The number of piperazine rings is 1. The molecule has 0 radical (unpaired) electrons. The van der Waals surface area contributed by atoms with E-state index >= 15 is 8.78 Å². The lowest BCUT2D eigenvalue weighted by Gasteiger charge is -2.44. The monoisotopic (exact) mass is 666 g/mol. The molecule has 2 atom stereocenters. The minimum absolute atomic E-state index is 0.0261. The molecule has 0 bridgehead atoms. The highest BCUT2D eigenvalue weighted by molar-refractivity contribution is 6.39. The van der Waals surface area contributed by atoms with Crippen molar-refractivity contribution in [1.29, 1.82) is 0 Å². The summed E-state index contributed by atoms with van der Waals surface area (Å²) in [6, 6.07) is 1.57. The summed E-state index contributed by atoms with van der Waals surface area (Å²) >= 11 is 6.88. The maximum Gasteiger partial charge on any atom is 0.354 e. The van der Waals surface area contributed by atoms with Gasteiger partial charge in [-0.25, -0.2) is 18.0 Å². The van der Waals surface area contributed by atoms with Crippen molar-refractivity contribution >= 4 is 45.8 Å². The number of rotatable bonds is 4. The number of halogens is 4. The molecule has 1 N–H and O–H groups in total. The lowest BCUT2D eigenvalue weighted by Crippen LogP contribution is -2.63. The average Bonchev–Trinajstić information content (AvgIpc) is 3.11. The molecule has 2 aromatic heterocycles. The molecular formula is C33H30ClF3N6O4. The van der Waals surface area contributed by atoms with Crippen LogP contribution in [0.4, 0.5) is 24.7 Å². The van der Waals surface area contributed by atoms with Gasteiger partial charge in [-0.1, -0.05) is 32.0 Å². The van der Waals surface area contributed by atoms with Gasteiger partial charge >= 0.3 is 5.69 Å². The summed E-state index contributed by atoms with van der Waals surface area (Å²) < 4.78 is 48.5. The van der Waals surface area contributed by atoms with E-state index in [4.69, 9.17) is 11.6 Å². The van der Waals surface area contributed by atoms with E-state index in [9.17, 15) is 23.9 Å². The van der Waals surface area contributed by atoms with Gasteiger partial charge in [0.1, 0.15) is 23.1 Å². The number of amides is 2. The van der Waals surface area contributed by atoms with Crippen LogP contribution in [0.25, 0.3) is 27.7 Å². The normalized spacial score (nSPS) is 17.7. The maximum absolute atomic E-state index is 17.4. The van der Waals surface area contributed by atoms with E-state index in [-0.39, 0.29) is 41.6 Å². The second-order valence-corrected chi connectivity index (χ2v) is 12.4. The van der Waals surface area contributed by atoms with Gasteiger partial charge in [-0.05, 0) is 49.6 Å². The molecule has 1 fully saturated rings. The van der Waals surface area contributed by atoms with E-state index in [2.05, 4.69) is 16.5 Å². The van der Waals surface area contributed by atoms with Crippen LogP contribution < -0.4 is 15.5 Å². The summed E-state index contributed by atoms with van der Waals surface area (Å²) in [6.07, 6.45) is 2.68. The maximum atomic E-state index is 17.4. The molecule has 47 heavy (non-hydrogen) atoms. The van der Waals surface area contributed by atoms with Crippen LogP contribution >= 0.6 is 11.6 Å². The third kappa shape index (κ3) is 4.66. The number of aromatic nitrogens is 3. The summed E-state index contributed by atoms with van der Waals surface area (Å²) in [7, 11) is 1.36.